The molecular formula is C13H12Cl2N2S. The monoisotopic (exact) mass is 298 g/mol. The van der Waals surface area contributed by atoms with Gasteiger partial charge in [-0.25, -0.2) is 4.98 Å². The Hall–Kier alpha value is -0.610. The summed E-state index contributed by atoms with van der Waals surface area (Å²) in [5.74, 6) is 0.611. The van der Waals surface area contributed by atoms with Gasteiger partial charge in [-0.1, -0.05) is 23.2 Å². The van der Waals surface area contributed by atoms with Crippen LogP contribution >= 0.6 is 34.5 Å². The van der Waals surface area contributed by atoms with Crippen molar-refractivity contribution in [3.05, 3.63) is 38.8 Å². The Morgan fingerprint density at radius 1 is 1.33 bits per heavy atom. The Morgan fingerprint density at radius 3 is 2.72 bits per heavy atom. The Kier molecular flexibility index (Phi) is 3.32. The van der Waals surface area contributed by atoms with E-state index in [9.17, 15) is 0 Å². The van der Waals surface area contributed by atoms with Crippen molar-refractivity contribution < 1.29 is 0 Å². The van der Waals surface area contributed by atoms with Gasteiger partial charge in [0.25, 0.3) is 0 Å². The molecule has 0 spiro atoms. The summed E-state index contributed by atoms with van der Waals surface area (Å²) in [5, 5.41) is 2.22. The van der Waals surface area contributed by atoms with Crippen LogP contribution in [0.2, 0.25) is 10.0 Å². The molecule has 0 unspecified atom stereocenters. The first kappa shape index (κ1) is 12.4. The van der Waals surface area contributed by atoms with E-state index in [1.54, 1.807) is 17.4 Å². The van der Waals surface area contributed by atoms with Gasteiger partial charge < -0.3 is 5.73 Å². The predicted octanol–water partition coefficient (Wildman–Crippen LogP) is 4.45. The molecule has 2 nitrogen and oxygen atoms in total. The van der Waals surface area contributed by atoms with Crippen LogP contribution in [0, 0.1) is 0 Å². The van der Waals surface area contributed by atoms with Crippen LogP contribution in [0.15, 0.2) is 18.2 Å². The van der Waals surface area contributed by atoms with E-state index in [0.717, 1.165) is 10.6 Å². The minimum atomic E-state index is 0.550. The summed E-state index contributed by atoms with van der Waals surface area (Å²) in [6.07, 6.45) is 2.45. The molecule has 0 saturated heterocycles. The molecule has 1 aliphatic rings. The first-order valence-corrected chi connectivity index (χ1v) is 7.41. The topological polar surface area (TPSA) is 38.9 Å². The van der Waals surface area contributed by atoms with Gasteiger partial charge in [-0.05, 0) is 31.0 Å². The van der Waals surface area contributed by atoms with Gasteiger partial charge in [0, 0.05) is 27.9 Å². The highest BCUT2D eigenvalue weighted by Gasteiger charge is 2.29. The van der Waals surface area contributed by atoms with Gasteiger partial charge in [0.2, 0.25) is 0 Å². The van der Waals surface area contributed by atoms with Crippen molar-refractivity contribution >= 4 is 34.5 Å². The van der Waals surface area contributed by atoms with Crippen molar-refractivity contribution in [2.45, 2.75) is 25.3 Å². The number of aromatic nitrogens is 1. The van der Waals surface area contributed by atoms with E-state index in [0.29, 0.717) is 22.5 Å². The van der Waals surface area contributed by atoms with E-state index in [1.807, 2.05) is 12.1 Å². The fourth-order valence-corrected chi connectivity index (χ4v) is 3.58. The maximum Gasteiger partial charge on any atom is 0.125 e. The number of rotatable bonds is 3. The molecule has 3 rings (SSSR count). The number of thiazole rings is 1. The molecule has 1 aromatic heterocycles. The van der Waals surface area contributed by atoms with Crippen LogP contribution in [-0.2, 0) is 6.54 Å². The Balaban J connectivity index is 2.05. The van der Waals surface area contributed by atoms with Gasteiger partial charge in [0.1, 0.15) is 5.01 Å². The standard InChI is InChI=1S/C13H12Cl2N2S/c14-8-3-4-9(10(15)5-8)13-17-12(7-1-2-7)11(6-16)18-13/h3-5,7H,1-2,6,16H2. The maximum atomic E-state index is 6.22. The minimum Gasteiger partial charge on any atom is -0.326 e. The molecule has 0 aliphatic heterocycles. The van der Waals surface area contributed by atoms with Crippen LogP contribution in [0.4, 0.5) is 0 Å². The molecule has 0 atom stereocenters. The summed E-state index contributed by atoms with van der Waals surface area (Å²) in [6, 6.07) is 5.50. The average molecular weight is 299 g/mol. The van der Waals surface area contributed by atoms with Gasteiger partial charge >= 0.3 is 0 Å². The predicted molar refractivity (Wildman–Crippen MR) is 77.4 cm³/mol. The lowest BCUT2D eigenvalue weighted by Crippen LogP contribution is -1.96. The van der Waals surface area contributed by atoms with Crippen molar-refractivity contribution in [3.63, 3.8) is 0 Å². The Morgan fingerprint density at radius 2 is 2.11 bits per heavy atom. The van der Waals surface area contributed by atoms with E-state index in [1.165, 1.54) is 23.4 Å². The molecule has 18 heavy (non-hydrogen) atoms. The third kappa shape index (κ3) is 2.28. The van der Waals surface area contributed by atoms with Gasteiger partial charge in [0.15, 0.2) is 0 Å². The highest BCUT2D eigenvalue weighted by Crippen LogP contribution is 2.44. The molecule has 1 aliphatic carbocycles. The molecule has 1 saturated carbocycles. The third-order valence-electron chi connectivity index (χ3n) is 3.04. The molecule has 0 bridgehead atoms. The summed E-state index contributed by atoms with van der Waals surface area (Å²) >= 11 is 13.8. The molecule has 0 radical (unpaired) electrons. The van der Waals surface area contributed by atoms with E-state index in [-0.39, 0.29) is 0 Å². The van der Waals surface area contributed by atoms with Crippen LogP contribution in [0.3, 0.4) is 0 Å². The fraction of sp³-hybridized carbons (Fsp3) is 0.308. The van der Waals surface area contributed by atoms with Crippen molar-refractivity contribution in [1.82, 2.24) is 4.98 Å². The van der Waals surface area contributed by atoms with Crippen LogP contribution in [0.25, 0.3) is 10.6 Å². The number of halogens is 2. The highest BCUT2D eigenvalue weighted by atomic mass is 35.5. The normalized spacial score (nSPS) is 15.1. The average Bonchev–Trinajstić information content (AvgIpc) is 3.10. The summed E-state index contributed by atoms with van der Waals surface area (Å²) in [6.45, 7) is 0.550. The zero-order chi connectivity index (χ0) is 12.7. The molecular weight excluding hydrogens is 287 g/mol. The van der Waals surface area contributed by atoms with Crippen molar-refractivity contribution in [2.75, 3.05) is 0 Å². The number of nitrogens with zero attached hydrogens (tertiary/aromatic N) is 1. The van der Waals surface area contributed by atoms with E-state index < -0.39 is 0 Å². The second-order valence-electron chi connectivity index (χ2n) is 4.43. The first-order chi connectivity index (χ1) is 8.69. The van der Waals surface area contributed by atoms with E-state index >= 15 is 0 Å². The lowest BCUT2D eigenvalue weighted by atomic mass is 10.2. The van der Waals surface area contributed by atoms with Gasteiger partial charge in [0.05, 0.1) is 10.7 Å². The largest absolute Gasteiger partial charge is 0.326 e. The van der Waals surface area contributed by atoms with Crippen molar-refractivity contribution in [2.24, 2.45) is 5.73 Å². The molecule has 1 heterocycles. The van der Waals surface area contributed by atoms with Crippen LogP contribution < -0.4 is 5.73 Å². The van der Waals surface area contributed by atoms with Crippen LogP contribution in [-0.4, -0.2) is 4.98 Å². The second-order valence-corrected chi connectivity index (χ2v) is 6.36. The summed E-state index contributed by atoms with van der Waals surface area (Å²) in [7, 11) is 0. The number of benzene rings is 1. The van der Waals surface area contributed by atoms with Crippen LogP contribution in [0.1, 0.15) is 29.3 Å². The van der Waals surface area contributed by atoms with E-state index in [4.69, 9.17) is 33.9 Å². The Bertz CT molecular complexity index is 591. The SMILES string of the molecule is NCc1sc(-c2ccc(Cl)cc2Cl)nc1C1CC1. The summed E-state index contributed by atoms with van der Waals surface area (Å²) in [5.41, 5.74) is 7.89. The van der Waals surface area contributed by atoms with Crippen molar-refractivity contribution in [1.29, 1.82) is 0 Å². The number of hydrogen-bond acceptors (Lipinski definition) is 3. The smallest absolute Gasteiger partial charge is 0.125 e. The minimum absolute atomic E-state index is 0.550. The lowest BCUT2D eigenvalue weighted by Gasteiger charge is -2.00. The van der Waals surface area contributed by atoms with Gasteiger partial charge in [-0.2, -0.15) is 0 Å². The first-order valence-electron chi connectivity index (χ1n) is 5.84. The van der Waals surface area contributed by atoms with Gasteiger partial charge in [-0.3, -0.25) is 0 Å². The molecule has 94 valence electrons. The molecule has 1 fully saturated rings. The summed E-state index contributed by atoms with van der Waals surface area (Å²) < 4.78 is 0. The quantitative estimate of drug-likeness (QED) is 0.909. The zero-order valence-electron chi connectivity index (χ0n) is 9.62. The molecule has 0 amide bonds. The summed E-state index contributed by atoms with van der Waals surface area (Å²) in [4.78, 5) is 5.89. The lowest BCUT2D eigenvalue weighted by molar-refractivity contribution is 0.980. The molecule has 2 N–H and O–H groups in total. The number of hydrogen-bond donors (Lipinski definition) is 1. The highest BCUT2D eigenvalue weighted by molar-refractivity contribution is 7.15. The molecule has 1 aromatic carbocycles. The third-order valence-corrected chi connectivity index (χ3v) is 4.71. The maximum absolute atomic E-state index is 6.22. The van der Waals surface area contributed by atoms with Crippen LogP contribution in [0.5, 0.6) is 0 Å². The fourth-order valence-electron chi connectivity index (χ4n) is 1.96. The zero-order valence-corrected chi connectivity index (χ0v) is 11.9. The van der Waals surface area contributed by atoms with Crippen molar-refractivity contribution in [3.8, 4) is 10.6 Å². The molecule has 2 aromatic rings. The molecule has 5 heteroatoms. The number of nitrogens with two attached hydrogens (primary N) is 1. The van der Waals surface area contributed by atoms with Gasteiger partial charge in [-0.15, -0.1) is 11.3 Å². The van der Waals surface area contributed by atoms with E-state index in [2.05, 4.69) is 0 Å². The second kappa shape index (κ2) is 4.82. The Labute approximate surface area is 120 Å².